The Balaban J connectivity index is 1.51. The third-order valence-corrected chi connectivity index (χ3v) is 7.32. The molecule has 0 radical (unpaired) electrons. The Morgan fingerprint density at radius 2 is 1.89 bits per heavy atom. The van der Waals surface area contributed by atoms with E-state index in [9.17, 15) is 8.42 Å². The second-order valence-electron chi connectivity index (χ2n) is 7.06. The van der Waals surface area contributed by atoms with E-state index in [1.54, 1.807) is 19.2 Å². The monoisotopic (exact) mass is 407 g/mol. The summed E-state index contributed by atoms with van der Waals surface area (Å²) in [5, 5.41) is 0.470. The normalized spacial score (nSPS) is 20.3. The molecular weight excluding hydrogens is 382 g/mol. The van der Waals surface area contributed by atoms with Crippen molar-refractivity contribution in [3.05, 3.63) is 64.7 Å². The van der Waals surface area contributed by atoms with Crippen LogP contribution in [0.1, 0.15) is 36.4 Å². The maximum absolute atomic E-state index is 12.7. The minimum Gasteiger partial charge on any atom is -0.254 e. The van der Waals surface area contributed by atoms with Gasteiger partial charge in [0.1, 0.15) is 0 Å². The van der Waals surface area contributed by atoms with E-state index in [2.05, 4.69) is 23.0 Å². The Hall–Kier alpha value is -1.44. The van der Waals surface area contributed by atoms with Gasteiger partial charge in [-0.3, -0.25) is 10.9 Å². The summed E-state index contributed by atoms with van der Waals surface area (Å²) in [6.45, 7) is 2.33. The van der Waals surface area contributed by atoms with E-state index < -0.39 is 10.0 Å². The van der Waals surface area contributed by atoms with E-state index in [1.807, 2.05) is 25.1 Å². The van der Waals surface area contributed by atoms with E-state index in [-0.39, 0.29) is 4.90 Å². The number of aryl methyl sites for hydroxylation is 1. The number of hydrogen-bond acceptors (Lipinski definition) is 4. The third-order valence-electron chi connectivity index (χ3n) is 5.06. The van der Waals surface area contributed by atoms with Crippen molar-refractivity contribution in [1.82, 2.24) is 15.2 Å². The van der Waals surface area contributed by atoms with Crippen LogP contribution in [0.3, 0.4) is 0 Å². The molecule has 2 atom stereocenters. The maximum Gasteiger partial charge on any atom is 0.242 e. The molecule has 2 aromatic rings. The topological polar surface area (TPSA) is 61.4 Å². The number of rotatable bonds is 7. The molecule has 27 heavy (non-hydrogen) atoms. The van der Waals surface area contributed by atoms with Gasteiger partial charge >= 0.3 is 0 Å². The highest BCUT2D eigenvalue weighted by molar-refractivity contribution is 7.89. The average Bonchev–Trinajstić information content (AvgIpc) is 3.13. The molecule has 0 amide bonds. The third kappa shape index (κ3) is 4.89. The van der Waals surface area contributed by atoms with Crippen LogP contribution in [0.2, 0.25) is 5.02 Å². The van der Waals surface area contributed by atoms with Gasteiger partial charge in [0.15, 0.2) is 0 Å². The first kappa shape index (κ1) is 20.3. The van der Waals surface area contributed by atoms with Crippen LogP contribution in [0.5, 0.6) is 0 Å². The van der Waals surface area contributed by atoms with Crippen LogP contribution >= 0.6 is 11.6 Å². The van der Waals surface area contributed by atoms with Gasteiger partial charge in [-0.05, 0) is 49.4 Å². The molecule has 0 bridgehead atoms. The van der Waals surface area contributed by atoms with Crippen molar-refractivity contribution in [1.29, 1.82) is 0 Å². The maximum atomic E-state index is 12.7. The minimum absolute atomic E-state index is 0.241. The summed E-state index contributed by atoms with van der Waals surface area (Å²) in [5.41, 5.74) is 8.79. The summed E-state index contributed by atoms with van der Waals surface area (Å²) in [6.07, 6.45) is 2.69. The van der Waals surface area contributed by atoms with Crippen molar-refractivity contribution in [3.63, 3.8) is 0 Å². The van der Waals surface area contributed by atoms with Crippen LogP contribution in [-0.2, 0) is 10.0 Å². The highest BCUT2D eigenvalue weighted by Crippen LogP contribution is 2.25. The quantitative estimate of drug-likeness (QED) is 0.735. The van der Waals surface area contributed by atoms with Crippen molar-refractivity contribution in [2.75, 3.05) is 13.6 Å². The molecule has 0 spiro atoms. The molecule has 1 aliphatic rings. The highest BCUT2D eigenvalue weighted by Gasteiger charge is 2.25. The number of sulfonamides is 1. The first-order valence-corrected chi connectivity index (χ1v) is 11.0. The molecule has 7 heteroatoms. The first-order chi connectivity index (χ1) is 12.9. The van der Waals surface area contributed by atoms with Crippen LogP contribution in [0.15, 0.2) is 53.4 Å². The molecule has 2 aromatic carbocycles. The SMILES string of the molecule is Cc1ccc(S(=O)(=O)N(C)CCCC2CC(c3ccccc3)NN2)cc1Cl. The zero-order valence-electron chi connectivity index (χ0n) is 15.7. The molecule has 1 aliphatic heterocycles. The number of benzene rings is 2. The van der Waals surface area contributed by atoms with Crippen molar-refractivity contribution in [3.8, 4) is 0 Å². The Bertz CT molecular complexity index is 874. The second-order valence-corrected chi connectivity index (χ2v) is 9.52. The molecule has 0 aromatic heterocycles. The van der Waals surface area contributed by atoms with E-state index in [0.29, 0.717) is 23.7 Å². The van der Waals surface area contributed by atoms with Crippen molar-refractivity contribution >= 4 is 21.6 Å². The van der Waals surface area contributed by atoms with Gasteiger partial charge in [0.25, 0.3) is 0 Å². The molecule has 0 saturated carbocycles. The van der Waals surface area contributed by atoms with E-state index in [1.165, 1.54) is 15.9 Å². The van der Waals surface area contributed by atoms with Crippen molar-refractivity contribution in [2.45, 2.75) is 43.2 Å². The summed E-state index contributed by atoms with van der Waals surface area (Å²) in [5.74, 6) is 0. The van der Waals surface area contributed by atoms with Crippen molar-refractivity contribution in [2.24, 2.45) is 0 Å². The molecule has 1 saturated heterocycles. The molecule has 146 valence electrons. The zero-order valence-corrected chi connectivity index (χ0v) is 17.2. The Labute approximate surface area is 166 Å². The van der Waals surface area contributed by atoms with Gasteiger partial charge in [0, 0.05) is 30.7 Å². The van der Waals surface area contributed by atoms with Crippen LogP contribution in [0, 0.1) is 6.92 Å². The van der Waals surface area contributed by atoms with Crippen LogP contribution in [-0.4, -0.2) is 32.4 Å². The van der Waals surface area contributed by atoms with E-state index >= 15 is 0 Å². The van der Waals surface area contributed by atoms with Crippen LogP contribution < -0.4 is 10.9 Å². The number of hydrogen-bond donors (Lipinski definition) is 2. The first-order valence-electron chi connectivity index (χ1n) is 9.16. The lowest BCUT2D eigenvalue weighted by Gasteiger charge is -2.18. The lowest BCUT2D eigenvalue weighted by atomic mass is 10.00. The Morgan fingerprint density at radius 1 is 1.15 bits per heavy atom. The van der Waals surface area contributed by atoms with Gasteiger partial charge in [-0.2, -0.15) is 0 Å². The Morgan fingerprint density at radius 3 is 2.59 bits per heavy atom. The van der Waals surface area contributed by atoms with Gasteiger partial charge in [-0.25, -0.2) is 12.7 Å². The van der Waals surface area contributed by atoms with Crippen LogP contribution in [0.25, 0.3) is 0 Å². The predicted octanol–water partition coefficient (Wildman–Crippen LogP) is 3.66. The molecule has 2 N–H and O–H groups in total. The summed E-state index contributed by atoms with van der Waals surface area (Å²) in [6, 6.07) is 15.8. The largest absolute Gasteiger partial charge is 0.254 e. The van der Waals surface area contributed by atoms with Crippen molar-refractivity contribution < 1.29 is 8.42 Å². The van der Waals surface area contributed by atoms with Gasteiger partial charge < -0.3 is 0 Å². The van der Waals surface area contributed by atoms with E-state index in [0.717, 1.165) is 24.8 Å². The number of halogens is 1. The molecule has 1 fully saturated rings. The lowest BCUT2D eigenvalue weighted by molar-refractivity contribution is 0.428. The van der Waals surface area contributed by atoms with Gasteiger partial charge in [0.2, 0.25) is 10.0 Å². The minimum atomic E-state index is -3.51. The number of hydrazine groups is 1. The second kappa shape index (κ2) is 8.71. The van der Waals surface area contributed by atoms with Gasteiger partial charge in [-0.15, -0.1) is 0 Å². The van der Waals surface area contributed by atoms with Crippen LogP contribution in [0.4, 0.5) is 0 Å². The predicted molar refractivity (Wildman–Crippen MR) is 109 cm³/mol. The summed E-state index contributed by atoms with van der Waals surface area (Å²) < 4.78 is 26.8. The molecule has 1 heterocycles. The molecule has 2 unspecified atom stereocenters. The average molecular weight is 408 g/mol. The lowest BCUT2D eigenvalue weighted by Crippen LogP contribution is -2.32. The summed E-state index contributed by atoms with van der Waals surface area (Å²) >= 11 is 6.08. The molecule has 5 nitrogen and oxygen atoms in total. The van der Waals surface area contributed by atoms with Gasteiger partial charge in [0.05, 0.1) is 4.90 Å². The van der Waals surface area contributed by atoms with Gasteiger partial charge in [-0.1, -0.05) is 48.0 Å². The molecular formula is C20H26ClN3O2S. The fraction of sp³-hybridized carbons (Fsp3) is 0.400. The highest BCUT2D eigenvalue weighted by atomic mass is 35.5. The number of nitrogens with one attached hydrogen (secondary N) is 2. The fourth-order valence-electron chi connectivity index (χ4n) is 3.31. The smallest absolute Gasteiger partial charge is 0.242 e. The molecule has 3 rings (SSSR count). The summed E-state index contributed by atoms with van der Waals surface area (Å²) in [4.78, 5) is 0.241. The fourth-order valence-corrected chi connectivity index (χ4v) is 4.79. The number of nitrogens with zero attached hydrogens (tertiary/aromatic N) is 1. The standard InChI is InChI=1S/C20H26ClN3O2S/c1-15-10-11-18(14-19(15)21)27(25,26)24(2)12-6-9-17-13-20(23-22-17)16-7-4-3-5-8-16/h3-5,7-8,10-11,14,17,20,22-23H,6,9,12-13H2,1-2H3. The molecule has 0 aliphatic carbocycles. The Kier molecular flexibility index (Phi) is 6.55. The zero-order chi connectivity index (χ0) is 19.4. The summed E-state index contributed by atoms with van der Waals surface area (Å²) in [7, 11) is -1.89. The van der Waals surface area contributed by atoms with E-state index in [4.69, 9.17) is 11.6 Å².